The maximum atomic E-state index is 11.9. The normalized spacial score (nSPS) is 10.6. The molecule has 112 valence electrons. The van der Waals surface area contributed by atoms with E-state index in [0.29, 0.717) is 18.7 Å². The number of aryl methyl sites for hydroxylation is 2. The molecule has 0 saturated heterocycles. The molecule has 0 atom stereocenters. The summed E-state index contributed by atoms with van der Waals surface area (Å²) in [6.45, 7) is 4.28. The molecule has 0 aliphatic rings. The van der Waals surface area contributed by atoms with Crippen molar-refractivity contribution in [1.29, 1.82) is 0 Å². The van der Waals surface area contributed by atoms with Crippen LogP contribution in [0, 0.1) is 13.8 Å². The molecule has 1 N–H and O–H groups in total. The number of benzene rings is 1. The summed E-state index contributed by atoms with van der Waals surface area (Å²) in [4.78, 5) is 13.0. The van der Waals surface area contributed by atoms with Gasteiger partial charge in [0.2, 0.25) is 5.91 Å². The summed E-state index contributed by atoms with van der Waals surface area (Å²) in [7, 11) is 0. The molecule has 1 heterocycles. The molecular formula is C15H17ClN2O2S. The standard InChI is InChI=1S/C15H17ClN2O2S/c1-10-14(11(2)20-18-10)9-15(19)17-7-8-21-13-5-3-12(16)4-6-13/h3-6H,7-9H2,1-2H3,(H,17,19). The van der Waals surface area contributed by atoms with Crippen molar-refractivity contribution in [1.82, 2.24) is 10.5 Å². The Morgan fingerprint density at radius 1 is 1.33 bits per heavy atom. The van der Waals surface area contributed by atoms with E-state index in [4.69, 9.17) is 16.1 Å². The number of thioether (sulfide) groups is 1. The van der Waals surface area contributed by atoms with Crippen LogP contribution in [-0.2, 0) is 11.2 Å². The molecule has 2 aromatic rings. The average Bonchev–Trinajstić information content (AvgIpc) is 2.77. The SMILES string of the molecule is Cc1noc(C)c1CC(=O)NCCSc1ccc(Cl)cc1. The predicted octanol–water partition coefficient (Wildman–Crippen LogP) is 3.40. The van der Waals surface area contributed by atoms with Gasteiger partial charge in [0.05, 0.1) is 12.1 Å². The van der Waals surface area contributed by atoms with Gasteiger partial charge in [-0.25, -0.2) is 0 Å². The van der Waals surface area contributed by atoms with E-state index >= 15 is 0 Å². The zero-order chi connectivity index (χ0) is 15.2. The van der Waals surface area contributed by atoms with Crippen LogP contribution < -0.4 is 5.32 Å². The van der Waals surface area contributed by atoms with Gasteiger partial charge in [-0.15, -0.1) is 11.8 Å². The smallest absolute Gasteiger partial charge is 0.224 e. The van der Waals surface area contributed by atoms with Crippen LogP contribution in [-0.4, -0.2) is 23.4 Å². The maximum Gasteiger partial charge on any atom is 0.224 e. The van der Waals surface area contributed by atoms with E-state index in [-0.39, 0.29) is 5.91 Å². The third kappa shape index (κ3) is 4.79. The van der Waals surface area contributed by atoms with Crippen molar-refractivity contribution in [3.05, 3.63) is 46.3 Å². The Kier molecular flexibility index (Phi) is 5.70. The summed E-state index contributed by atoms with van der Waals surface area (Å²) in [5, 5.41) is 7.47. The van der Waals surface area contributed by atoms with Crippen molar-refractivity contribution in [2.75, 3.05) is 12.3 Å². The number of amides is 1. The number of nitrogens with one attached hydrogen (secondary N) is 1. The Morgan fingerprint density at radius 3 is 2.67 bits per heavy atom. The first kappa shape index (κ1) is 15.9. The van der Waals surface area contributed by atoms with Crippen molar-refractivity contribution in [3.63, 3.8) is 0 Å². The molecule has 1 aromatic heterocycles. The van der Waals surface area contributed by atoms with Gasteiger partial charge in [-0.05, 0) is 38.1 Å². The van der Waals surface area contributed by atoms with Crippen LogP contribution in [0.25, 0.3) is 0 Å². The second kappa shape index (κ2) is 7.52. The van der Waals surface area contributed by atoms with Gasteiger partial charge < -0.3 is 9.84 Å². The topological polar surface area (TPSA) is 55.1 Å². The monoisotopic (exact) mass is 324 g/mol. The third-order valence-electron chi connectivity index (χ3n) is 3.03. The Balaban J connectivity index is 1.71. The van der Waals surface area contributed by atoms with E-state index in [0.717, 1.165) is 26.9 Å². The van der Waals surface area contributed by atoms with Crippen LogP contribution in [0.5, 0.6) is 0 Å². The zero-order valence-corrected chi connectivity index (χ0v) is 13.6. The minimum absolute atomic E-state index is 0.0129. The number of carbonyl (C=O) groups is 1. The number of rotatable bonds is 6. The van der Waals surface area contributed by atoms with E-state index in [9.17, 15) is 4.79 Å². The number of nitrogens with zero attached hydrogens (tertiary/aromatic N) is 1. The third-order valence-corrected chi connectivity index (χ3v) is 4.29. The largest absolute Gasteiger partial charge is 0.361 e. The van der Waals surface area contributed by atoms with E-state index in [2.05, 4.69) is 10.5 Å². The summed E-state index contributed by atoms with van der Waals surface area (Å²) >= 11 is 7.51. The van der Waals surface area contributed by atoms with Crippen molar-refractivity contribution >= 4 is 29.3 Å². The second-order valence-corrected chi connectivity index (χ2v) is 6.24. The highest BCUT2D eigenvalue weighted by Crippen LogP contribution is 2.19. The lowest BCUT2D eigenvalue weighted by Crippen LogP contribution is -2.27. The van der Waals surface area contributed by atoms with Crippen molar-refractivity contribution < 1.29 is 9.32 Å². The van der Waals surface area contributed by atoms with Gasteiger partial charge in [0.1, 0.15) is 5.76 Å². The van der Waals surface area contributed by atoms with Gasteiger partial charge >= 0.3 is 0 Å². The first-order valence-electron chi connectivity index (χ1n) is 6.63. The molecule has 0 saturated carbocycles. The number of aromatic nitrogens is 1. The fourth-order valence-corrected chi connectivity index (χ4v) is 2.76. The Bertz CT molecular complexity index is 591. The average molecular weight is 325 g/mol. The number of hydrogen-bond donors (Lipinski definition) is 1. The lowest BCUT2D eigenvalue weighted by molar-refractivity contribution is -0.120. The van der Waals surface area contributed by atoms with Gasteiger partial charge in [-0.1, -0.05) is 16.8 Å². The molecule has 0 bridgehead atoms. The van der Waals surface area contributed by atoms with Crippen molar-refractivity contribution in [3.8, 4) is 0 Å². The molecule has 0 spiro atoms. The van der Waals surface area contributed by atoms with Crippen LogP contribution in [0.1, 0.15) is 17.0 Å². The molecule has 0 aliphatic carbocycles. The highest BCUT2D eigenvalue weighted by molar-refractivity contribution is 7.99. The summed E-state index contributed by atoms with van der Waals surface area (Å²) in [5.41, 5.74) is 1.65. The van der Waals surface area contributed by atoms with Gasteiger partial charge in [0, 0.05) is 27.8 Å². The minimum Gasteiger partial charge on any atom is -0.361 e. The molecule has 0 fully saturated rings. The summed E-state index contributed by atoms with van der Waals surface area (Å²) in [6, 6.07) is 7.66. The number of halogens is 1. The lowest BCUT2D eigenvalue weighted by Gasteiger charge is -2.05. The molecule has 4 nitrogen and oxygen atoms in total. The number of hydrogen-bond acceptors (Lipinski definition) is 4. The second-order valence-electron chi connectivity index (χ2n) is 4.63. The summed E-state index contributed by atoms with van der Waals surface area (Å²) in [5.74, 6) is 1.51. The predicted molar refractivity (Wildman–Crippen MR) is 84.9 cm³/mol. The molecule has 6 heteroatoms. The Labute approximate surface area is 133 Å². The van der Waals surface area contributed by atoms with E-state index < -0.39 is 0 Å². The lowest BCUT2D eigenvalue weighted by atomic mass is 10.1. The van der Waals surface area contributed by atoms with Crippen LogP contribution in [0.2, 0.25) is 5.02 Å². The maximum absolute atomic E-state index is 11.9. The summed E-state index contributed by atoms with van der Waals surface area (Å²) < 4.78 is 5.04. The van der Waals surface area contributed by atoms with Crippen molar-refractivity contribution in [2.45, 2.75) is 25.2 Å². The molecule has 0 unspecified atom stereocenters. The fourth-order valence-electron chi connectivity index (χ4n) is 1.87. The van der Waals surface area contributed by atoms with Crippen molar-refractivity contribution in [2.24, 2.45) is 0 Å². The Morgan fingerprint density at radius 2 is 2.05 bits per heavy atom. The van der Waals surface area contributed by atoms with E-state index in [1.54, 1.807) is 11.8 Å². The van der Waals surface area contributed by atoms with Gasteiger partial charge in [-0.2, -0.15) is 0 Å². The minimum atomic E-state index is -0.0129. The summed E-state index contributed by atoms with van der Waals surface area (Å²) in [6.07, 6.45) is 0.312. The van der Waals surface area contributed by atoms with Gasteiger partial charge in [-0.3, -0.25) is 4.79 Å². The van der Waals surface area contributed by atoms with Crippen LogP contribution in [0.15, 0.2) is 33.7 Å². The van der Waals surface area contributed by atoms with Crippen LogP contribution in [0.3, 0.4) is 0 Å². The van der Waals surface area contributed by atoms with E-state index in [1.807, 2.05) is 38.1 Å². The molecule has 21 heavy (non-hydrogen) atoms. The van der Waals surface area contributed by atoms with Crippen LogP contribution >= 0.6 is 23.4 Å². The Hall–Kier alpha value is -1.46. The first-order chi connectivity index (χ1) is 10.1. The quantitative estimate of drug-likeness (QED) is 0.653. The van der Waals surface area contributed by atoms with Crippen LogP contribution in [0.4, 0.5) is 0 Å². The van der Waals surface area contributed by atoms with Gasteiger partial charge in [0.15, 0.2) is 0 Å². The molecular weight excluding hydrogens is 308 g/mol. The molecule has 0 aliphatic heterocycles. The van der Waals surface area contributed by atoms with E-state index in [1.165, 1.54) is 0 Å². The molecule has 1 aromatic carbocycles. The molecule has 2 rings (SSSR count). The number of carbonyl (C=O) groups excluding carboxylic acids is 1. The highest BCUT2D eigenvalue weighted by Gasteiger charge is 2.12. The molecule has 0 radical (unpaired) electrons. The zero-order valence-electron chi connectivity index (χ0n) is 12.0. The fraction of sp³-hybridized carbons (Fsp3) is 0.333. The van der Waals surface area contributed by atoms with Gasteiger partial charge in [0.25, 0.3) is 0 Å². The first-order valence-corrected chi connectivity index (χ1v) is 7.99. The highest BCUT2D eigenvalue weighted by atomic mass is 35.5. The molecule has 1 amide bonds.